The number of carboxylic acid groups (broad SMARTS) is 3. The van der Waals surface area contributed by atoms with Crippen LogP contribution in [0.25, 0.3) is 22.2 Å². The molecule has 0 radical (unpaired) electrons. The highest BCUT2D eigenvalue weighted by molar-refractivity contribution is 14.1. The lowest BCUT2D eigenvalue weighted by molar-refractivity contribution is 0.0680. The lowest BCUT2D eigenvalue weighted by Crippen LogP contribution is -2.43. The van der Waals surface area contributed by atoms with Crippen molar-refractivity contribution in [3.63, 3.8) is 0 Å². The maximum Gasteiger partial charge on any atom is 0.354 e. The van der Waals surface area contributed by atoms with Crippen LogP contribution in [0.2, 0.25) is 30.9 Å². The second-order valence-electron chi connectivity index (χ2n) is 25.7. The highest BCUT2D eigenvalue weighted by Gasteiger charge is 2.39. The summed E-state index contributed by atoms with van der Waals surface area (Å²) >= 11 is 35.4. The Kier molecular flexibility index (Phi) is 52.3. The Hall–Kier alpha value is -13.4. The van der Waals surface area contributed by atoms with Gasteiger partial charge >= 0.3 is 17.9 Å². The van der Waals surface area contributed by atoms with Crippen LogP contribution in [-0.4, -0.2) is 182 Å². The molecule has 712 valence electrons. The number of hydrogen-bond acceptors (Lipinski definition) is 33. The van der Waals surface area contributed by atoms with E-state index in [9.17, 15) is 39.3 Å². The molecule has 0 saturated carbocycles. The second-order valence-corrected chi connectivity index (χ2v) is 29.0. The van der Waals surface area contributed by atoms with Crippen molar-refractivity contribution in [2.45, 2.75) is 104 Å². The first-order valence-electron chi connectivity index (χ1n) is 36.4. The number of anilines is 4. The van der Waals surface area contributed by atoms with Crippen molar-refractivity contribution in [2.75, 3.05) is 41.3 Å². The van der Waals surface area contributed by atoms with Gasteiger partial charge in [0.15, 0.2) is 118 Å². The van der Waals surface area contributed by atoms with E-state index in [0.29, 0.717) is 91.8 Å². The number of carbonyl (C=O) groups excluding carboxylic acids is 2. The number of aromatic carboxylic acids is 3. The Morgan fingerprint density at radius 3 is 1.30 bits per heavy atom. The van der Waals surface area contributed by atoms with Gasteiger partial charge in [0, 0.05) is 51.0 Å². The number of fused-ring (bicyclic) bond motifs is 4. The number of halogens is 7. The number of aliphatic hydroxyl groups excluding tert-OH is 3. The third kappa shape index (κ3) is 36.7. The van der Waals surface area contributed by atoms with Crippen molar-refractivity contribution in [3.8, 4) is 40.2 Å². The van der Waals surface area contributed by atoms with E-state index in [2.05, 4.69) is 81.0 Å². The van der Waals surface area contributed by atoms with E-state index in [-0.39, 0.29) is 189 Å². The predicted octanol–water partition coefficient (Wildman–Crippen LogP) is 18.2. The molecule has 44 heteroatoms. The third-order valence-corrected chi connectivity index (χ3v) is 19.4. The van der Waals surface area contributed by atoms with Crippen LogP contribution in [0.15, 0.2) is 204 Å². The molecule has 14 aromatic rings. The van der Waals surface area contributed by atoms with Crippen LogP contribution in [0.4, 0.5) is 22.7 Å². The lowest BCUT2D eigenvalue weighted by atomic mass is 10.00. The number of piperidine rings is 1. The van der Waals surface area contributed by atoms with Gasteiger partial charge in [0.2, 0.25) is 0 Å². The van der Waals surface area contributed by atoms with Crippen molar-refractivity contribution in [3.05, 3.63) is 292 Å². The minimum Gasteiger partial charge on any atom is -0.505 e. The summed E-state index contributed by atoms with van der Waals surface area (Å²) in [6.45, 7) is 4.19. The quantitative estimate of drug-likeness (QED) is 0.0215. The van der Waals surface area contributed by atoms with E-state index in [1.165, 1.54) is 74.5 Å². The lowest BCUT2D eigenvalue weighted by Gasteiger charge is -2.22. The van der Waals surface area contributed by atoms with Crippen LogP contribution in [0.5, 0.6) is 40.2 Å². The van der Waals surface area contributed by atoms with Crippen LogP contribution in [0.1, 0.15) is 145 Å². The molecule has 16 rings (SSSR count). The zero-order chi connectivity index (χ0) is 91.5. The molecule has 19 N–H and O–H groups in total. The number of aromatic nitrogens is 11. The Bertz CT molecular complexity index is 5970. The number of aldehydes is 1. The molecule has 13 heterocycles. The third-order valence-electron chi connectivity index (χ3n) is 17.0. The molecular weight excluding hydrogens is 1970 g/mol. The summed E-state index contributed by atoms with van der Waals surface area (Å²) in [5, 5.41) is 129. The molecule has 3 atom stereocenters. The molecule has 11 aromatic heterocycles. The summed E-state index contributed by atoms with van der Waals surface area (Å²) in [7, 11) is 0. The molecular formula is C89H102Cl6IN17O20. The molecule has 2 aliphatic rings. The normalized spacial score (nSPS) is 12.2. The van der Waals surface area contributed by atoms with Gasteiger partial charge in [0.25, 0.3) is 5.91 Å². The van der Waals surface area contributed by atoms with Gasteiger partial charge in [-0.1, -0.05) is 213 Å². The summed E-state index contributed by atoms with van der Waals surface area (Å²) in [6, 6.07) is 45.1. The van der Waals surface area contributed by atoms with Gasteiger partial charge in [-0.05, 0) is 119 Å². The van der Waals surface area contributed by atoms with Gasteiger partial charge in [0.1, 0.15) is 22.4 Å². The van der Waals surface area contributed by atoms with Crippen molar-refractivity contribution in [1.82, 2.24) is 65.0 Å². The Morgan fingerprint density at radius 1 is 0.444 bits per heavy atom. The summed E-state index contributed by atoms with van der Waals surface area (Å²) in [6.07, 6.45) is 9.77. The number of nitrogens with zero attached hydrogens (tertiary/aromatic N) is 12. The standard InChI is InChI=1S/C13H11ClN2O3.C13H13ClN2O2.C13H11ClN2O2.C13H14N4O2.C7H4N2O3.C6H5ClINO2.C6H6ClNO2.C6H6N2O3.C5H4ClNO.7CH4/c14-12-11(17)9(6-10(16-12)13(18)19)15-7-8-4-2-1-3-5-8;2*14-13-12(18)11(6-10(8-17)16-13)15-7-9-4-2-1-3-5-9;18-13(16-11-6-17-2-1-8(11)5-17)10-3-9-12(4-14-10)19-7-15-9;10-7(11)5-1-4-6(2-8-5)12-3-9-4;7-6-5(11)4(8)1-3(2-10)9-6;7-6-5(10)2-1-4(3-9)8-6;7-3-1-4(6(10)11)8-2-5(3)9;6-5-4(8)2-1-3-7-5;;;;;;;/h1-6,17H,7H2,(H,15,16)(H,18,19);1-6,17-18H,7-8H2,(H,15,16);1-6,8,18H,7H2,(H,15,16);3-4,7-8,11H,1-2,5-6H2,(H,16,18);1-3H,(H,10,11);1,10-11H,2H2;1-2,9-10H,3H2;1-2,9H,(H2,7,8)(H,10,11);1-3,8H;7*1H4. The molecule has 3 aromatic carbocycles. The largest absolute Gasteiger partial charge is 0.505 e. The maximum atomic E-state index is 12.2. The van der Waals surface area contributed by atoms with E-state index >= 15 is 0 Å². The fourth-order valence-electron chi connectivity index (χ4n) is 10.7. The number of amides is 1. The average Bonchev–Trinajstić information content (AvgIpc) is 1.71. The topological polar surface area (TPSA) is 594 Å². The van der Waals surface area contributed by atoms with Crippen molar-refractivity contribution >= 4 is 167 Å². The fraction of sp³-hybridized carbons (Fsp3) is 0.213. The minimum absolute atomic E-state index is 0. The van der Waals surface area contributed by atoms with Crippen LogP contribution < -0.4 is 27.0 Å². The Balaban J connectivity index is 0.000000753. The number of aliphatic hydroxyl groups is 3. The monoisotopic (exact) mass is 2070 g/mol. The molecule has 1 amide bonds. The second kappa shape index (κ2) is 59.1. The van der Waals surface area contributed by atoms with Gasteiger partial charge in [0.05, 0.1) is 81.8 Å². The average molecular weight is 2070 g/mol. The van der Waals surface area contributed by atoms with Crippen LogP contribution in [0.3, 0.4) is 0 Å². The van der Waals surface area contributed by atoms with E-state index in [1.54, 1.807) is 30.5 Å². The zero-order valence-corrected chi connectivity index (χ0v) is 71.7. The number of nitrogens with two attached hydrogens (primary N) is 1. The van der Waals surface area contributed by atoms with Crippen molar-refractivity contribution in [1.29, 1.82) is 0 Å². The highest BCUT2D eigenvalue weighted by Crippen LogP contribution is 2.35. The molecule has 3 unspecified atom stereocenters. The minimum atomic E-state index is -1.20. The number of nitrogens with one attached hydrogen (secondary N) is 4. The summed E-state index contributed by atoms with van der Waals surface area (Å²) in [5.41, 5.74) is 13.1. The molecule has 0 spiro atoms. The molecule has 2 aliphatic heterocycles. The number of oxazole rings is 2. The van der Waals surface area contributed by atoms with Crippen molar-refractivity contribution in [2.24, 2.45) is 5.92 Å². The zero-order valence-electron chi connectivity index (χ0n) is 65.0. The van der Waals surface area contributed by atoms with E-state index in [4.69, 9.17) is 135 Å². The molecule has 37 nitrogen and oxygen atoms in total. The van der Waals surface area contributed by atoms with Crippen LogP contribution >= 0.6 is 92.2 Å². The number of hydrogen-bond donors (Lipinski definition) is 18. The van der Waals surface area contributed by atoms with E-state index < -0.39 is 17.9 Å². The van der Waals surface area contributed by atoms with E-state index in [1.807, 2.05) is 114 Å². The summed E-state index contributed by atoms with van der Waals surface area (Å²) in [5.74, 6) is -3.79. The number of carbonyl (C=O) groups is 5. The van der Waals surface area contributed by atoms with Gasteiger partial charge in [-0.25, -0.2) is 69.2 Å². The molecule has 2 saturated heterocycles. The number of aromatic hydroxyl groups is 7. The van der Waals surface area contributed by atoms with Crippen LogP contribution in [-0.2, 0) is 39.5 Å². The van der Waals surface area contributed by atoms with E-state index in [0.717, 1.165) is 42.0 Å². The highest BCUT2D eigenvalue weighted by atomic mass is 127. The number of carboxylic acids is 3. The first-order chi connectivity index (χ1) is 60.3. The van der Waals surface area contributed by atoms with Crippen LogP contribution in [0, 0.1) is 9.49 Å². The van der Waals surface area contributed by atoms with Gasteiger partial charge in [-0.2, -0.15) is 0 Å². The van der Waals surface area contributed by atoms with Gasteiger partial charge in [-0.15, -0.1) is 0 Å². The molecule has 133 heavy (non-hydrogen) atoms. The first-order valence-corrected chi connectivity index (χ1v) is 39.7. The number of nitrogen functional groups attached to an aromatic ring is 1. The Labute approximate surface area is 809 Å². The SMILES string of the molecule is C.C.C.C.C.C.C.Nc1cc(C(=O)O)ncc1O.O=C(NC1CN2CCC1C2)c1cc2ncoc2cn1.O=C(O)c1cc(NCc2ccccc2)c(O)c(Cl)n1.O=C(O)c1cc2ncoc2cn1.O=Cc1cc(NCc2ccccc2)c(O)c(Cl)n1.OCc1cc(I)c(O)c(Cl)n1.OCc1cc(NCc2ccccc2)c(O)c(Cl)n1.OCc1ccc(O)c(Cl)n1.Oc1cccnc1Cl. The molecule has 0 aliphatic carbocycles. The van der Waals surface area contributed by atoms with Crippen molar-refractivity contribution < 1.29 is 99.2 Å². The summed E-state index contributed by atoms with van der Waals surface area (Å²) in [4.78, 5) is 97.9. The van der Waals surface area contributed by atoms with Gasteiger partial charge < -0.3 is 107 Å². The van der Waals surface area contributed by atoms with Gasteiger partial charge in [-0.3, -0.25) is 9.59 Å². The maximum absolute atomic E-state index is 12.2. The molecule has 2 bridgehead atoms. The number of rotatable bonds is 18. The Morgan fingerprint density at radius 2 is 0.872 bits per heavy atom. The smallest absolute Gasteiger partial charge is 0.354 e. The fourth-order valence-corrected chi connectivity index (χ4v) is 12.6. The summed E-state index contributed by atoms with van der Waals surface area (Å²) < 4.78 is 10.6. The first kappa shape index (κ1) is 118. The number of pyridine rings is 9. The number of benzene rings is 3. The predicted molar refractivity (Wildman–Crippen MR) is 520 cm³/mol. The molecule has 2 fully saturated rings.